The molecule has 0 unspecified atom stereocenters. The molecule has 0 aliphatic carbocycles. The van der Waals surface area contributed by atoms with Crippen LogP contribution < -0.4 is 0 Å². The van der Waals surface area contributed by atoms with Gasteiger partial charge in [-0.2, -0.15) is 0 Å². The third-order valence-corrected chi connectivity index (χ3v) is 2.94. The molecule has 0 radical (unpaired) electrons. The minimum Gasteiger partial charge on any atom is -0.469 e. The van der Waals surface area contributed by atoms with Gasteiger partial charge in [0.25, 0.3) is 6.43 Å². The second-order valence-corrected chi connectivity index (χ2v) is 3.91. The molecule has 1 aromatic heterocycles. The predicted molar refractivity (Wildman–Crippen MR) is 57.6 cm³/mol. The molecule has 0 amide bonds. The van der Waals surface area contributed by atoms with Crippen molar-refractivity contribution in [3.8, 4) is 0 Å². The van der Waals surface area contributed by atoms with Gasteiger partial charge in [-0.05, 0) is 22.6 Å². The molecule has 0 fully saturated rings. The number of hydrogen-bond donors (Lipinski definition) is 0. The number of methoxy groups -OCH3 is 1. The van der Waals surface area contributed by atoms with E-state index in [0.29, 0.717) is 0 Å². The number of hydrogen-bond acceptors (Lipinski definition) is 3. The van der Waals surface area contributed by atoms with E-state index in [1.807, 2.05) is 0 Å². The fourth-order valence-electron chi connectivity index (χ4n) is 1.09. The number of carbonyl (C=O) groups excluding carboxylic acids is 1. The van der Waals surface area contributed by atoms with Gasteiger partial charge in [-0.3, -0.25) is 9.78 Å². The molecule has 0 aliphatic heterocycles. The van der Waals surface area contributed by atoms with E-state index in [9.17, 15) is 18.0 Å². The Bertz CT molecular complexity index is 412. The maximum Gasteiger partial charge on any atom is 0.311 e. The van der Waals surface area contributed by atoms with E-state index >= 15 is 0 Å². The summed E-state index contributed by atoms with van der Waals surface area (Å²) in [5.41, 5.74) is -0.710. The van der Waals surface area contributed by atoms with Crippen molar-refractivity contribution in [3.63, 3.8) is 0 Å². The molecule has 0 aromatic carbocycles. The van der Waals surface area contributed by atoms with Crippen molar-refractivity contribution >= 4 is 28.6 Å². The standard InChI is InChI=1S/C9H7F3INO2/c1-16-6(15)2-5-7(9(11)12)8(13)4(10)3-14-5/h3,9H,2H2,1H3. The van der Waals surface area contributed by atoms with E-state index in [1.54, 1.807) is 0 Å². The van der Waals surface area contributed by atoms with Crippen molar-refractivity contribution in [2.24, 2.45) is 0 Å². The van der Waals surface area contributed by atoms with Gasteiger partial charge in [0.05, 0.1) is 34.6 Å². The number of aromatic nitrogens is 1. The summed E-state index contributed by atoms with van der Waals surface area (Å²) in [7, 11) is 1.14. The summed E-state index contributed by atoms with van der Waals surface area (Å²) in [5, 5.41) is 0. The number of halogens is 4. The Kier molecular flexibility index (Phi) is 4.51. The Morgan fingerprint density at radius 2 is 2.25 bits per heavy atom. The van der Waals surface area contributed by atoms with Gasteiger partial charge in [0, 0.05) is 0 Å². The Balaban J connectivity index is 3.18. The van der Waals surface area contributed by atoms with Crippen molar-refractivity contribution in [2.75, 3.05) is 7.11 Å². The van der Waals surface area contributed by atoms with Crippen LogP contribution in [0.25, 0.3) is 0 Å². The molecule has 0 N–H and O–H groups in total. The number of ether oxygens (including phenoxy) is 1. The lowest BCUT2D eigenvalue weighted by molar-refractivity contribution is -0.139. The molecular formula is C9H7F3INO2. The maximum atomic E-state index is 13.0. The zero-order chi connectivity index (χ0) is 12.3. The number of esters is 1. The van der Waals surface area contributed by atoms with Gasteiger partial charge in [-0.1, -0.05) is 0 Å². The maximum absolute atomic E-state index is 13.0. The summed E-state index contributed by atoms with van der Waals surface area (Å²) in [6, 6.07) is 0. The molecule has 1 heterocycles. The lowest BCUT2D eigenvalue weighted by Gasteiger charge is -2.09. The number of carbonyl (C=O) groups is 1. The first-order chi connectivity index (χ1) is 7.47. The van der Waals surface area contributed by atoms with E-state index in [-0.39, 0.29) is 9.26 Å². The molecule has 1 rings (SSSR count). The fraction of sp³-hybridized carbons (Fsp3) is 0.333. The second kappa shape index (κ2) is 5.46. The van der Waals surface area contributed by atoms with Gasteiger partial charge in [0.15, 0.2) is 5.82 Å². The summed E-state index contributed by atoms with van der Waals surface area (Å²) >= 11 is 1.46. The first-order valence-electron chi connectivity index (χ1n) is 4.15. The van der Waals surface area contributed by atoms with Crippen LogP contribution in [-0.2, 0) is 16.0 Å². The largest absolute Gasteiger partial charge is 0.469 e. The van der Waals surface area contributed by atoms with Crippen LogP contribution in [0.3, 0.4) is 0 Å². The Hall–Kier alpha value is -0.860. The smallest absolute Gasteiger partial charge is 0.311 e. The average Bonchev–Trinajstić information content (AvgIpc) is 2.23. The number of rotatable bonds is 3. The summed E-state index contributed by atoms with van der Waals surface area (Å²) in [5.74, 6) is -1.53. The van der Waals surface area contributed by atoms with E-state index in [0.717, 1.165) is 13.3 Å². The van der Waals surface area contributed by atoms with Crippen molar-refractivity contribution in [1.29, 1.82) is 0 Å². The van der Waals surface area contributed by atoms with Crippen LogP contribution in [0.2, 0.25) is 0 Å². The monoisotopic (exact) mass is 345 g/mol. The van der Waals surface area contributed by atoms with Crippen molar-refractivity contribution < 1.29 is 22.7 Å². The minimum atomic E-state index is -2.88. The first-order valence-corrected chi connectivity index (χ1v) is 5.23. The molecule has 3 nitrogen and oxygen atoms in total. The van der Waals surface area contributed by atoms with Gasteiger partial charge in [0.2, 0.25) is 0 Å². The number of pyridine rings is 1. The Labute approximate surface area is 103 Å². The molecule has 0 bridgehead atoms. The van der Waals surface area contributed by atoms with Gasteiger partial charge in [-0.15, -0.1) is 0 Å². The van der Waals surface area contributed by atoms with E-state index in [2.05, 4.69) is 9.72 Å². The third-order valence-electron chi connectivity index (χ3n) is 1.85. The molecular weight excluding hydrogens is 338 g/mol. The fourth-order valence-corrected chi connectivity index (χ4v) is 1.77. The molecule has 0 atom stereocenters. The third kappa shape index (κ3) is 2.83. The van der Waals surface area contributed by atoms with Crippen LogP contribution in [-0.4, -0.2) is 18.1 Å². The van der Waals surface area contributed by atoms with Gasteiger partial charge in [0.1, 0.15) is 0 Å². The van der Waals surface area contributed by atoms with Crippen LogP contribution in [0, 0.1) is 9.39 Å². The Morgan fingerprint density at radius 1 is 1.62 bits per heavy atom. The molecule has 1 aromatic rings. The summed E-state index contributed by atoms with van der Waals surface area (Å²) in [4.78, 5) is 14.4. The summed E-state index contributed by atoms with van der Waals surface area (Å²) in [6.45, 7) is 0. The highest BCUT2D eigenvalue weighted by molar-refractivity contribution is 14.1. The zero-order valence-electron chi connectivity index (χ0n) is 8.14. The van der Waals surface area contributed by atoms with Crippen LogP contribution in [0.15, 0.2) is 6.20 Å². The van der Waals surface area contributed by atoms with Crippen LogP contribution in [0.1, 0.15) is 17.7 Å². The highest BCUT2D eigenvalue weighted by Crippen LogP contribution is 2.28. The molecule has 0 saturated heterocycles. The summed E-state index contributed by atoms with van der Waals surface area (Å²) in [6.07, 6.45) is -2.46. The normalized spacial score (nSPS) is 10.6. The van der Waals surface area contributed by atoms with Crippen LogP contribution in [0.4, 0.5) is 13.2 Å². The molecule has 0 saturated carbocycles. The highest BCUT2D eigenvalue weighted by atomic mass is 127. The van der Waals surface area contributed by atoms with Gasteiger partial charge in [-0.25, -0.2) is 13.2 Å². The highest BCUT2D eigenvalue weighted by Gasteiger charge is 2.22. The lowest BCUT2D eigenvalue weighted by atomic mass is 10.1. The molecule has 0 spiro atoms. The zero-order valence-corrected chi connectivity index (χ0v) is 10.3. The van der Waals surface area contributed by atoms with Gasteiger partial charge < -0.3 is 4.74 Å². The second-order valence-electron chi connectivity index (χ2n) is 2.83. The Morgan fingerprint density at radius 3 is 2.75 bits per heavy atom. The minimum absolute atomic E-state index is 0.160. The van der Waals surface area contributed by atoms with Crippen molar-refractivity contribution in [2.45, 2.75) is 12.8 Å². The predicted octanol–water partition coefficient (Wildman–Crippen LogP) is 2.48. The quantitative estimate of drug-likeness (QED) is 0.624. The van der Waals surface area contributed by atoms with Crippen LogP contribution in [0.5, 0.6) is 0 Å². The first kappa shape index (κ1) is 13.2. The molecule has 0 aliphatic rings. The lowest BCUT2D eigenvalue weighted by Crippen LogP contribution is -2.11. The SMILES string of the molecule is COC(=O)Cc1ncc(F)c(I)c1C(F)F. The van der Waals surface area contributed by atoms with E-state index in [4.69, 9.17) is 0 Å². The van der Waals surface area contributed by atoms with E-state index in [1.165, 1.54) is 22.6 Å². The van der Waals surface area contributed by atoms with Crippen molar-refractivity contribution in [3.05, 3.63) is 26.8 Å². The van der Waals surface area contributed by atoms with Gasteiger partial charge >= 0.3 is 5.97 Å². The average molecular weight is 345 g/mol. The van der Waals surface area contributed by atoms with Crippen molar-refractivity contribution in [1.82, 2.24) is 4.98 Å². The molecule has 88 valence electrons. The summed E-state index contributed by atoms with van der Waals surface area (Å²) < 4.78 is 42.5. The van der Waals surface area contributed by atoms with E-state index < -0.39 is 30.2 Å². The topological polar surface area (TPSA) is 39.2 Å². The number of alkyl halides is 2. The molecule has 7 heteroatoms. The van der Waals surface area contributed by atoms with Crippen LogP contribution >= 0.6 is 22.6 Å². The molecule has 16 heavy (non-hydrogen) atoms. The number of nitrogens with zero attached hydrogens (tertiary/aromatic N) is 1.